The van der Waals surface area contributed by atoms with Gasteiger partial charge in [0.1, 0.15) is 0 Å². The van der Waals surface area contributed by atoms with Gasteiger partial charge in [0.2, 0.25) is 21.7 Å². The number of aromatic nitrogens is 2. The summed E-state index contributed by atoms with van der Waals surface area (Å²) >= 11 is 0. The lowest BCUT2D eigenvalue weighted by Crippen LogP contribution is -2.29. The van der Waals surface area contributed by atoms with Crippen molar-refractivity contribution < 1.29 is 12.9 Å². The molecular formula is C20H21N3O3S. The molecule has 1 aromatic heterocycles. The van der Waals surface area contributed by atoms with Crippen LogP contribution in [0.15, 0.2) is 64.0 Å². The van der Waals surface area contributed by atoms with Gasteiger partial charge >= 0.3 is 0 Å². The van der Waals surface area contributed by atoms with Gasteiger partial charge in [0.05, 0.1) is 10.8 Å². The van der Waals surface area contributed by atoms with Crippen LogP contribution < -0.4 is 0 Å². The third kappa shape index (κ3) is 3.40. The molecule has 0 unspecified atom stereocenters. The van der Waals surface area contributed by atoms with Crippen molar-refractivity contribution in [3.63, 3.8) is 0 Å². The molecule has 0 amide bonds. The maximum absolute atomic E-state index is 13.0. The standard InChI is InChI=1S/C20H21N3O3S/c1-14-8-10-17(11-9-14)27(24,25)23-12-15(2)18(13-23)20-21-19(22-26-20)16-6-4-3-5-7-16/h3-11,15,18H,12-13H2,1-2H3/t15-,18-/m0/s1. The molecule has 1 aliphatic rings. The highest BCUT2D eigenvalue weighted by Gasteiger charge is 2.40. The summed E-state index contributed by atoms with van der Waals surface area (Å²) in [7, 11) is -3.53. The van der Waals surface area contributed by atoms with E-state index in [-0.39, 0.29) is 11.8 Å². The van der Waals surface area contributed by atoms with E-state index < -0.39 is 10.0 Å². The van der Waals surface area contributed by atoms with E-state index in [0.29, 0.717) is 29.7 Å². The fraction of sp³-hybridized carbons (Fsp3) is 0.300. The van der Waals surface area contributed by atoms with E-state index in [4.69, 9.17) is 4.52 Å². The van der Waals surface area contributed by atoms with Gasteiger partial charge in [-0.15, -0.1) is 0 Å². The van der Waals surface area contributed by atoms with E-state index in [0.717, 1.165) is 11.1 Å². The summed E-state index contributed by atoms with van der Waals surface area (Å²) in [5.41, 5.74) is 1.91. The molecular weight excluding hydrogens is 362 g/mol. The van der Waals surface area contributed by atoms with Gasteiger partial charge < -0.3 is 4.52 Å². The Balaban J connectivity index is 1.57. The molecule has 1 aliphatic heterocycles. The molecule has 3 aromatic rings. The minimum Gasteiger partial charge on any atom is -0.339 e. The van der Waals surface area contributed by atoms with Gasteiger partial charge in [-0.3, -0.25) is 0 Å². The Labute approximate surface area is 158 Å². The molecule has 140 valence electrons. The maximum atomic E-state index is 13.0. The van der Waals surface area contributed by atoms with Crippen molar-refractivity contribution in [2.24, 2.45) is 5.92 Å². The van der Waals surface area contributed by atoms with E-state index >= 15 is 0 Å². The third-order valence-corrected chi connectivity index (χ3v) is 6.87. The largest absolute Gasteiger partial charge is 0.339 e. The Morgan fingerprint density at radius 1 is 1.04 bits per heavy atom. The van der Waals surface area contributed by atoms with E-state index in [1.54, 1.807) is 12.1 Å². The average molecular weight is 383 g/mol. The lowest BCUT2D eigenvalue weighted by Gasteiger charge is -2.16. The maximum Gasteiger partial charge on any atom is 0.243 e. The first kappa shape index (κ1) is 17.9. The molecule has 0 N–H and O–H groups in total. The molecule has 1 fully saturated rings. The molecule has 7 heteroatoms. The molecule has 0 radical (unpaired) electrons. The van der Waals surface area contributed by atoms with Crippen LogP contribution in [0.4, 0.5) is 0 Å². The second-order valence-corrected chi connectivity index (χ2v) is 8.98. The van der Waals surface area contributed by atoms with Gasteiger partial charge in [0.15, 0.2) is 0 Å². The van der Waals surface area contributed by atoms with E-state index in [1.165, 1.54) is 4.31 Å². The summed E-state index contributed by atoms with van der Waals surface area (Å²) in [5.74, 6) is 0.991. The highest BCUT2D eigenvalue weighted by Crippen LogP contribution is 2.35. The zero-order valence-electron chi connectivity index (χ0n) is 15.2. The monoisotopic (exact) mass is 383 g/mol. The second-order valence-electron chi connectivity index (χ2n) is 7.04. The Hall–Kier alpha value is -2.51. The topological polar surface area (TPSA) is 76.3 Å². The van der Waals surface area contributed by atoms with Crippen molar-refractivity contribution in [2.75, 3.05) is 13.1 Å². The Bertz CT molecular complexity index is 1030. The molecule has 2 heterocycles. The summed E-state index contributed by atoms with van der Waals surface area (Å²) in [6, 6.07) is 16.5. The molecule has 4 rings (SSSR count). The lowest BCUT2D eigenvalue weighted by atomic mass is 9.98. The lowest BCUT2D eigenvalue weighted by molar-refractivity contribution is 0.338. The SMILES string of the molecule is Cc1ccc(S(=O)(=O)N2C[C@H](c3nc(-c4ccccc4)no3)[C@@H](C)C2)cc1. The number of aryl methyl sites for hydroxylation is 1. The van der Waals surface area contributed by atoms with Crippen LogP contribution in [0.25, 0.3) is 11.4 Å². The average Bonchev–Trinajstić information content (AvgIpc) is 3.30. The molecule has 1 saturated heterocycles. The molecule has 0 saturated carbocycles. The quantitative estimate of drug-likeness (QED) is 0.689. The van der Waals surface area contributed by atoms with Gasteiger partial charge in [-0.25, -0.2) is 8.42 Å². The molecule has 0 bridgehead atoms. The summed E-state index contributed by atoms with van der Waals surface area (Å²) in [6.07, 6.45) is 0. The van der Waals surface area contributed by atoms with Crippen molar-refractivity contribution >= 4 is 10.0 Å². The zero-order chi connectivity index (χ0) is 19.0. The molecule has 27 heavy (non-hydrogen) atoms. The predicted octanol–water partition coefficient (Wildman–Crippen LogP) is 3.47. The summed E-state index contributed by atoms with van der Waals surface area (Å²) in [5, 5.41) is 4.07. The van der Waals surface area contributed by atoms with Crippen molar-refractivity contribution in [3.05, 3.63) is 66.1 Å². The first-order valence-corrected chi connectivity index (χ1v) is 10.3. The number of hydrogen-bond acceptors (Lipinski definition) is 5. The number of hydrogen-bond donors (Lipinski definition) is 0. The normalized spacial score (nSPS) is 20.8. The Morgan fingerprint density at radius 2 is 1.74 bits per heavy atom. The van der Waals surface area contributed by atoms with E-state index in [9.17, 15) is 8.42 Å². The van der Waals surface area contributed by atoms with Crippen molar-refractivity contribution in [2.45, 2.75) is 24.7 Å². The smallest absolute Gasteiger partial charge is 0.243 e. The molecule has 2 aromatic carbocycles. The van der Waals surface area contributed by atoms with Crippen LogP contribution in [-0.2, 0) is 10.0 Å². The van der Waals surface area contributed by atoms with Gasteiger partial charge in [0, 0.05) is 18.7 Å². The Kier molecular flexibility index (Phi) is 4.57. The highest BCUT2D eigenvalue weighted by molar-refractivity contribution is 7.89. The number of nitrogens with zero attached hydrogens (tertiary/aromatic N) is 3. The minimum atomic E-state index is -3.53. The van der Waals surface area contributed by atoms with E-state index in [2.05, 4.69) is 10.1 Å². The predicted molar refractivity (Wildman–Crippen MR) is 102 cm³/mol. The highest BCUT2D eigenvalue weighted by atomic mass is 32.2. The van der Waals surface area contributed by atoms with Crippen molar-refractivity contribution in [1.29, 1.82) is 0 Å². The van der Waals surface area contributed by atoms with Gasteiger partial charge in [-0.2, -0.15) is 9.29 Å². The Morgan fingerprint density at radius 3 is 2.44 bits per heavy atom. The fourth-order valence-corrected chi connectivity index (χ4v) is 4.96. The minimum absolute atomic E-state index is 0.0919. The first-order chi connectivity index (χ1) is 12.9. The van der Waals surface area contributed by atoms with Crippen LogP contribution in [0.2, 0.25) is 0 Å². The summed E-state index contributed by atoms with van der Waals surface area (Å²) < 4.78 is 32.9. The van der Waals surface area contributed by atoms with Crippen LogP contribution in [0.5, 0.6) is 0 Å². The molecule has 0 aliphatic carbocycles. The van der Waals surface area contributed by atoms with Crippen LogP contribution in [0.3, 0.4) is 0 Å². The number of sulfonamides is 1. The van der Waals surface area contributed by atoms with Gasteiger partial charge in [-0.05, 0) is 25.0 Å². The number of benzene rings is 2. The van der Waals surface area contributed by atoms with Gasteiger partial charge in [-0.1, -0.05) is 60.1 Å². The fourth-order valence-electron chi connectivity index (χ4n) is 3.39. The summed E-state index contributed by atoms with van der Waals surface area (Å²) in [6.45, 7) is 4.73. The van der Waals surface area contributed by atoms with Crippen LogP contribution in [0.1, 0.15) is 24.3 Å². The molecule has 2 atom stereocenters. The van der Waals surface area contributed by atoms with Crippen LogP contribution in [-0.4, -0.2) is 36.0 Å². The van der Waals surface area contributed by atoms with Crippen molar-refractivity contribution in [1.82, 2.24) is 14.4 Å². The molecule has 6 nitrogen and oxygen atoms in total. The van der Waals surface area contributed by atoms with Gasteiger partial charge in [0.25, 0.3) is 0 Å². The van der Waals surface area contributed by atoms with Crippen LogP contribution in [0, 0.1) is 12.8 Å². The summed E-state index contributed by atoms with van der Waals surface area (Å²) in [4.78, 5) is 4.83. The van der Waals surface area contributed by atoms with Crippen LogP contribution >= 0.6 is 0 Å². The van der Waals surface area contributed by atoms with Crippen molar-refractivity contribution in [3.8, 4) is 11.4 Å². The zero-order valence-corrected chi connectivity index (χ0v) is 16.1. The second kappa shape index (κ2) is 6.90. The third-order valence-electron chi connectivity index (χ3n) is 5.03. The van der Waals surface area contributed by atoms with E-state index in [1.807, 2.05) is 56.3 Å². The molecule has 0 spiro atoms. The number of rotatable bonds is 4. The first-order valence-electron chi connectivity index (χ1n) is 8.91.